The normalized spacial score (nSPS) is 18.4. The first kappa shape index (κ1) is 20.7. The molecule has 136 valence electrons. The highest BCUT2D eigenvalue weighted by Crippen LogP contribution is 2.27. The minimum Gasteiger partial charge on any atom is -0.369 e. The van der Waals surface area contributed by atoms with E-state index in [1.165, 1.54) is 5.56 Å². The Bertz CT molecular complexity index is 583. The summed E-state index contributed by atoms with van der Waals surface area (Å²) in [6.07, 6.45) is 5.10. The zero-order valence-corrected chi connectivity index (χ0v) is 17.3. The van der Waals surface area contributed by atoms with Crippen LogP contribution in [0.4, 0.5) is 0 Å². The number of likely N-dealkylation sites (tertiary alicyclic amines) is 1. The summed E-state index contributed by atoms with van der Waals surface area (Å²) in [4.78, 5) is 18.3. The Balaban J connectivity index is 0.00000288. The van der Waals surface area contributed by atoms with Crippen LogP contribution in [0, 0.1) is 5.41 Å². The largest absolute Gasteiger partial charge is 0.369 e. The van der Waals surface area contributed by atoms with Crippen LogP contribution in [-0.4, -0.2) is 52.7 Å². The van der Waals surface area contributed by atoms with Gasteiger partial charge < -0.3 is 16.0 Å². The van der Waals surface area contributed by atoms with E-state index in [0.717, 1.165) is 32.0 Å². The molecule has 0 spiro atoms. The predicted octanol–water partition coefficient (Wildman–Crippen LogP) is 1.30. The zero-order valence-electron chi connectivity index (χ0n) is 15.0. The van der Waals surface area contributed by atoms with E-state index in [1.807, 2.05) is 38.7 Å². The number of nitrogens with two attached hydrogens (primary N) is 1. The molecule has 8 heteroatoms. The van der Waals surface area contributed by atoms with Crippen LogP contribution in [0.5, 0.6) is 0 Å². The monoisotopic (exact) mass is 448 g/mol. The second-order valence-electron chi connectivity index (χ2n) is 6.80. The molecule has 0 aromatic carbocycles. The average molecular weight is 448 g/mol. The SMILES string of the molecule is CCNC(=NCC(C)(C)C(N)=O)N1CCC(c2cnn(C)c2)C1.I. The summed E-state index contributed by atoms with van der Waals surface area (Å²) in [6, 6.07) is 0. The van der Waals surface area contributed by atoms with Gasteiger partial charge in [-0.25, -0.2) is 0 Å². The highest BCUT2D eigenvalue weighted by atomic mass is 127. The molecule has 1 aliphatic heterocycles. The number of aromatic nitrogens is 2. The summed E-state index contributed by atoms with van der Waals surface area (Å²) in [5.74, 6) is 0.997. The van der Waals surface area contributed by atoms with E-state index in [2.05, 4.69) is 26.5 Å². The molecule has 1 aromatic rings. The van der Waals surface area contributed by atoms with Crippen LogP contribution in [0.1, 0.15) is 38.7 Å². The number of nitrogens with one attached hydrogen (secondary N) is 1. The second-order valence-corrected chi connectivity index (χ2v) is 6.80. The van der Waals surface area contributed by atoms with E-state index in [0.29, 0.717) is 12.5 Å². The van der Waals surface area contributed by atoms with Gasteiger partial charge in [0.1, 0.15) is 0 Å². The number of hydrogen-bond donors (Lipinski definition) is 2. The number of primary amides is 1. The van der Waals surface area contributed by atoms with E-state index >= 15 is 0 Å². The standard InChI is InChI=1S/C16H28N6O.HI/c1-5-18-15(19-11-16(2,3)14(17)23)22-7-6-12(10-22)13-8-20-21(4)9-13;/h8-9,12H,5-7,10-11H2,1-4H3,(H2,17,23)(H,18,19);1H. The Morgan fingerprint density at radius 3 is 2.79 bits per heavy atom. The molecule has 2 heterocycles. The summed E-state index contributed by atoms with van der Waals surface area (Å²) in [5, 5.41) is 7.57. The number of halogens is 1. The van der Waals surface area contributed by atoms with Crippen LogP contribution in [0.25, 0.3) is 0 Å². The first-order valence-corrected chi connectivity index (χ1v) is 8.15. The molecular weight excluding hydrogens is 419 g/mol. The lowest BCUT2D eigenvalue weighted by atomic mass is 9.93. The number of nitrogens with zero attached hydrogens (tertiary/aromatic N) is 4. The molecule has 0 saturated carbocycles. The Labute approximate surface area is 161 Å². The molecule has 1 atom stereocenters. The van der Waals surface area contributed by atoms with Crippen LogP contribution in [0.15, 0.2) is 17.4 Å². The van der Waals surface area contributed by atoms with E-state index in [1.54, 1.807) is 0 Å². The molecule has 0 bridgehead atoms. The smallest absolute Gasteiger partial charge is 0.224 e. The number of amides is 1. The van der Waals surface area contributed by atoms with Crippen LogP contribution < -0.4 is 11.1 Å². The van der Waals surface area contributed by atoms with Gasteiger partial charge in [0.05, 0.1) is 18.2 Å². The van der Waals surface area contributed by atoms with Crippen molar-refractivity contribution in [2.75, 3.05) is 26.2 Å². The molecule has 1 saturated heterocycles. The number of aliphatic imine (C=N–C) groups is 1. The van der Waals surface area contributed by atoms with Gasteiger partial charge in [0.15, 0.2) is 5.96 Å². The Morgan fingerprint density at radius 2 is 2.25 bits per heavy atom. The molecule has 1 unspecified atom stereocenters. The number of aryl methyl sites for hydroxylation is 1. The number of hydrogen-bond acceptors (Lipinski definition) is 3. The van der Waals surface area contributed by atoms with E-state index < -0.39 is 5.41 Å². The van der Waals surface area contributed by atoms with Crippen molar-refractivity contribution in [3.05, 3.63) is 18.0 Å². The minimum absolute atomic E-state index is 0. The molecule has 7 nitrogen and oxygen atoms in total. The molecule has 1 amide bonds. The van der Waals surface area contributed by atoms with Crippen molar-refractivity contribution in [1.29, 1.82) is 0 Å². The molecule has 24 heavy (non-hydrogen) atoms. The van der Waals surface area contributed by atoms with Gasteiger partial charge in [-0.05, 0) is 32.8 Å². The van der Waals surface area contributed by atoms with Gasteiger partial charge in [0, 0.05) is 38.8 Å². The molecule has 0 aliphatic carbocycles. The molecule has 1 fully saturated rings. The van der Waals surface area contributed by atoms with Gasteiger partial charge in [-0.3, -0.25) is 14.5 Å². The fourth-order valence-electron chi connectivity index (χ4n) is 2.65. The van der Waals surface area contributed by atoms with Crippen molar-refractivity contribution in [3.63, 3.8) is 0 Å². The molecular formula is C16H29IN6O. The van der Waals surface area contributed by atoms with Gasteiger partial charge in [-0.1, -0.05) is 0 Å². The zero-order chi connectivity index (χ0) is 17.0. The number of rotatable bonds is 5. The van der Waals surface area contributed by atoms with Gasteiger partial charge in [-0.2, -0.15) is 5.10 Å². The van der Waals surface area contributed by atoms with Crippen molar-refractivity contribution in [2.24, 2.45) is 23.2 Å². The molecule has 1 aromatic heterocycles. The van der Waals surface area contributed by atoms with E-state index in [4.69, 9.17) is 5.73 Å². The van der Waals surface area contributed by atoms with Gasteiger partial charge >= 0.3 is 0 Å². The van der Waals surface area contributed by atoms with Crippen molar-refractivity contribution in [1.82, 2.24) is 20.0 Å². The Hall–Kier alpha value is -1.32. The second kappa shape index (κ2) is 8.68. The number of carbonyl (C=O) groups is 1. The number of guanidine groups is 1. The Morgan fingerprint density at radius 1 is 1.54 bits per heavy atom. The summed E-state index contributed by atoms with van der Waals surface area (Å²) in [7, 11) is 1.94. The lowest BCUT2D eigenvalue weighted by Crippen LogP contribution is -2.42. The van der Waals surface area contributed by atoms with Crippen LogP contribution in [-0.2, 0) is 11.8 Å². The van der Waals surface area contributed by atoms with Crippen LogP contribution in [0.2, 0.25) is 0 Å². The first-order chi connectivity index (χ1) is 10.8. The van der Waals surface area contributed by atoms with Gasteiger partial charge in [0.2, 0.25) is 5.91 Å². The highest BCUT2D eigenvalue weighted by molar-refractivity contribution is 14.0. The maximum absolute atomic E-state index is 11.5. The topological polar surface area (TPSA) is 88.5 Å². The summed E-state index contributed by atoms with van der Waals surface area (Å²) in [5.41, 5.74) is 6.06. The van der Waals surface area contributed by atoms with Crippen molar-refractivity contribution in [3.8, 4) is 0 Å². The van der Waals surface area contributed by atoms with Crippen LogP contribution in [0.3, 0.4) is 0 Å². The lowest BCUT2D eigenvalue weighted by molar-refractivity contribution is -0.125. The number of carbonyl (C=O) groups excluding carboxylic acids is 1. The van der Waals surface area contributed by atoms with Crippen molar-refractivity contribution in [2.45, 2.75) is 33.1 Å². The Kier molecular flexibility index (Phi) is 7.50. The molecule has 2 rings (SSSR count). The summed E-state index contributed by atoms with van der Waals surface area (Å²) < 4.78 is 1.84. The van der Waals surface area contributed by atoms with Gasteiger partial charge in [0.25, 0.3) is 0 Å². The first-order valence-electron chi connectivity index (χ1n) is 8.15. The maximum Gasteiger partial charge on any atom is 0.224 e. The predicted molar refractivity (Wildman–Crippen MR) is 107 cm³/mol. The third kappa shape index (κ3) is 5.09. The fourth-order valence-corrected chi connectivity index (χ4v) is 2.65. The summed E-state index contributed by atoms with van der Waals surface area (Å²) in [6.45, 7) is 8.73. The van der Waals surface area contributed by atoms with E-state index in [-0.39, 0.29) is 29.9 Å². The van der Waals surface area contributed by atoms with Crippen molar-refractivity contribution < 1.29 is 4.79 Å². The van der Waals surface area contributed by atoms with Crippen molar-refractivity contribution >= 4 is 35.8 Å². The third-order valence-electron chi connectivity index (χ3n) is 4.31. The minimum atomic E-state index is -0.636. The van der Waals surface area contributed by atoms with Crippen LogP contribution >= 0.6 is 24.0 Å². The maximum atomic E-state index is 11.5. The molecule has 0 radical (unpaired) electrons. The fraction of sp³-hybridized carbons (Fsp3) is 0.688. The average Bonchev–Trinajstić information content (AvgIpc) is 3.12. The lowest BCUT2D eigenvalue weighted by Gasteiger charge is -2.24. The van der Waals surface area contributed by atoms with E-state index in [9.17, 15) is 4.79 Å². The highest BCUT2D eigenvalue weighted by Gasteiger charge is 2.29. The van der Waals surface area contributed by atoms with Gasteiger partial charge in [-0.15, -0.1) is 24.0 Å². The molecule has 3 N–H and O–H groups in total. The molecule has 1 aliphatic rings. The third-order valence-corrected chi connectivity index (χ3v) is 4.31. The summed E-state index contributed by atoms with van der Waals surface area (Å²) >= 11 is 0. The quantitative estimate of drug-likeness (QED) is 0.404.